The average Bonchev–Trinajstić information content (AvgIpc) is 2.32. The second-order valence-corrected chi connectivity index (χ2v) is 3.52. The molecule has 0 bridgehead atoms. The van der Waals surface area contributed by atoms with Crippen molar-refractivity contribution in [2.45, 2.75) is 25.8 Å². The highest BCUT2D eigenvalue weighted by atomic mass is 16.5. The maximum Gasteiger partial charge on any atom is 0.326 e. The molecule has 58 valence electrons. The predicted molar refractivity (Wildman–Crippen MR) is 37.3 cm³/mol. The molecule has 0 aromatic carbocycles. The van der Waals surface area contributed by atoms with E-state index in [9.17, 15) is 4.79 Å². The van der Waals surface area contributed by atoms with Crippen LogP contribution in [0, 0.1) is 5.41 Å². The van der Waals surface area contributed by atoms with E-state index in [1.807, 2.05) is 13.8 Å². The molecule has 0 radical (unpaired) electrons. The van der Waals surface area contributed by atoms with Crippen molar-refractivity contribution in [2.24, 2.45) is 11.1 Å². The minimum atomic E-state index is -0.707. The van der Waals surface area contributed by atoms with Crippen molar-refractivity contribution in [1.82, 2.24) is 0 Å². The van der Waals surface area contributed by atoms with Crippen molar-refractivity contribution in [3.63, 3.8) is 0 Å². The number of carbonyl (C=O) groups is 1. The molecule has 1 saturated carbocycles. The Hall–Kier alpha value is -0.570. The molecule has 0 amide bonds. The monoisotopic (exact) mass is 143 g/mol. The van der Waals surface area contributed by atoms with Crippen molar-refractivity contribution in [1.29, 1.82) is 0 Å². The van der Waals surface area contributed by atoms with Crippen LogP contribution in [0.5, 0.6) is 0 Å². The highest BCUT2D eigenvalue weighted by Gasteiger charge is 2.64. The summed E-state index contributed by atoms with van der Waals surface area (Å²) in [5.41, 5.74) is 4.93. The van der Waals surface area contributed by atoms with Crippen LogP contribution in [0.15, 0.2) is 0 Å². The fraction of sp³-hybridized carbons (Fsp3) is 0.857. The van der Waals surface area contributed by atoms with Crippen LogP contribution in [0.3, 0.4) is 0 Å². The van der Waals surface area contributed by atoms with Gasteiger partial charge in [0, 0.05) is 0 Å². The lowest BCUT2D eigenvalue weighted by Gasteiger charge is -2.10. The van der Waals surface area contributed by atoms with Gasteiger partial charge in [0.15, 0.2) is 0 Å². The van der Waals surface area contributed by atoms with Gasteiger partial charge >= 0.3 is 5.97 Å². The first-order valence-corrected chi connectivity index (χ1v) is 3.31. The fourth-order valence-corrected chi connectivity index (χ4v) is 1.18. The van der Waals surface area contributed by atoms with Gasteiger partial charge in [-0.1, -0.05) is 13.8 Å². The molecular weight excluding hydrogens is 130 g/mol. The number of rotatable bonds is 1. The van der Waals surface area contributed by atoms with Crippen LogP contribution in [0.25, 0.3) is 0 Å². The van der Waals surface area contributed by atoms with Gasteiger partial charge in [0.2, 0.25) is 0 Å². The molecule has 3 heteroatoms. The third-order valence-electron chi connectivity index (χ3n) is 2.35. The smallest absolute Gasteiger partial charge is 0.326 e. The summed E-state index contributed by atoms with van der Waals surface area (Å²) in [4.78, 5) is 11.0. The number of hydrogen-bond acceptors (Lipinski definition) is 3. The summed E-state index contributed by atoms with van der Waals surface area (Å²) in [5.74, 6) is -0.294. The predicted octanol–water partition coefficient (Wildman–Crippen LogP) is 0.287. The molecule has 0 saturated heterocycles. The van der Waals surface area contributed by atoms with Crippen molar-refractivity contribution in [3.05, 3.63) is 0 Å². The lowest BCUT2D eigenvalue weighted by Crippen LogP contribution is -2.38. The normalized spacial score (nSPS) is 35.2. The van der Waals surface area contributed by atoms with Gasteiger partial charge < -0.3 is 10.5 Å². The zero-order chi connectivity index (χ0) is 7.99. The molecule has 2 N–H and O–H groups in total. The zero-order valence-corrected chi connectivity index (χ0v) is 6.60. The summed E-state index contributed by atoms with van der Waals surface area (Å²) < 4.78 is 4.55. The van der Waals surface area contributed by atoms with E-state index in [0.717, 1.165) is 6.42 Å². The van der Waals surface area contributed by atoms with Crippen LogP contribution in [0.4, 0.5) is 0 Å². The van der Waals surface area contributed by atoms with Crippen molar-refractivity contribution < 1.29 is 9.53 Å². The Balaban J connectivity index is 2.68. The van der Waals surface area contributed by atoms with Crippen LogP contribution in [-0.2, 0) is 9.53 Å². The molecule has 0 spiro atoms. The number of hydrogen-bond donors (Lipinski definition) is 1. The first kappa shape index (κ1) is 7.54. The largest absolute Gasteiger partial charge is 0.468 e. The van der Waals surface area contributed by atoms with Crippen LogP contribution in [0.1, 0.15) is 20.3 Å². The van der Waals surface area contributed by atoms with E-state index in [0.29, 0.717) is 0 Å². The van der Waals surface area contributed by atoms with Crippen LogP contribution in [0.2, 0.25) is 0 Å². The number of esters is 1. The molecule has 0 aromatic heterocycles. The summed E-state index contributed by atoms with van der Waals surface area (Å²) in [6, 6.07) is 0. The van der Waals surface area contributed by atoms with Gasteiger partial charge in [-0.05, 0) is 11.8 Å². The van der Waals surface area contributed by atoms with E-state index < -0.39 is 5.54 Å². The third-order valence-corrected chi connectivity index (χ3v) is 2.35. The number of nitrogens with two attached hydrogens (primary N) is 1. The van der Waals surface area contributed by atoms with Gasteiger partial charge in [-0.25, -0.2) is 0 Å². The second-order valence-electron chi connectivity index (χ2n) is 3.52. The van der Waals surface area contributed by atoms with Gasteiger partial charge in [-0.3, -0.25) is 4.79 Å². The van der Waals surface area contributed by atoms with E-state index in [1.54, 1.807) is 0 Å². The van der Waals surface area contributed by atoms with Gasteiger partial charge in [-0.2, -0.15) is 0 Å². The highest BCUT2D eigenvalue weighted by Crippen LogP contribution is 2.54. The molecule has 1 atom stereocenters. The quantitative estimate of drug-likeness (QED) is 0.537. The number of carbonyl (C=O) groups excluding carboxylic acids is 1. The highest BCUT2D eigenvalue weighted by molar-refractivity contribution is 5.85. The van der Waals surface area contributed by atoms with Crippen LogP contribution < -0.4 is 5.73 Å². The first-order valence-electron chi connectivity index (χ1n) is 3.31. The zero-order valence-electron chi connectivity index (χ0n) is 6.60. The van der Waals surface area contributed by atoms with E-state index in [4.69, 9.17) is 5.73 Å². The molecular formula is C7H13NO2. The molecule has 1 aliphatic carbocycles. The Labute approximate surface area is 60.5 Å². The van der Waals surface area contributed by atoms with Crippen molar-refractivity contribution in [3.8, 4) is 0 Å². The lowest BCUT2D eigenvalue weighted by atomic mass is 10.1. The van der Waals surface area contributed by atoms with Gasteiger partial charge in [0.05, 0.1) is 7.11 Å². The first-order chi connectivity index (χ1) is 4.44. The summed E-state index contributed by atoms with van der Waals surface area (Å²) in [5, 5.41) is 0. The average molecular weight is 143 g/mol. The fourth-order valence-electron chi connectivity index (χ4n) is 1.18. The molecule has 0 unspecified atom stereocenters. The SMILES string of the molecule is COC(=O)[C@@]1(N)CC1(C)C. The molecule has 1 rings (SSSR count). The maximum absolute atomic E-state index is 11.0. The van der Waals surface area contributed by atoms with Gasteiger partial charge in [0.25, 0.3) is 0 Å². The molecule has 3 nitrogen and oxygen atoms in total. The van der Waals surface area contributed by atoms with E-state index >= 15 is 0 Å². The van der Waals surface area contributed by atoms with Gasteiger partial charge in [-0.15, -0.1) is 0 Å². The van der Waals surface area contributed by atoms with E-state index in [1.165, 1.54) is 7.11 Å². The van der Waals surface area contributed by atoms with E-state index in [-0.39, 0.29) is 11.4 Å². The molecule has 1 fully saturated rings. The van der Waals surface area contributed by atoms with Crippen molar-refractivity contribution in [2.75, 3.05) is 7.11 Å². The maximum atomic E-state index is 11.0. The van der Waals surface area contributed by atoms with Crippen LogP contribution >= 0.6 is 0 Å². The van der Waals surface area contributed by atoms with E-state index in [2.05, 4.69) is 4.74 Å². The Morgan fingerprint density at radius 2 is 2.00 bits per heavy atom. The minimum Gasteiger partial charge on any atom is -0.468 e. The standard InChI is InChI=1S/C7H13NO2/c1-6(2)4-7(6,8)5(9)10-3/h4,8H2,1-3H3/t7-/m0/s1. The van der Waals surface area contributed by atoms with Crippen molar-refractivity contribution >= 4 is 5.97 Å². The summed E-state index contributed by atoms with van der Waals surface area (Å²) in [6.45, 7) is 3.92. The molecule has 10 heavy (non-hydrogen) atoms. The van der Waals surface area contributed by atoms with Gasteiger partial charge in [0.1, 0.15) is 5.54 Å². The van der Waals surface area contributed by atoms with Crippen LogP contribution in [-0.4, -0.2) is 18.6 Å². The summed E-state index contributed by atoms with van der Waals surface area (Å²) in [7, 11) is 1.37. The number of ether oxygens (including phenoxy) is 1. The lowest BCUT2D eigenvalue weighted by molar-refractivity contribution is -0.144. The molecule has 0 aliphatic heterocycles. The Bertz CT molecular complexity index is 176. The Morgan fingerprint density at radius 1 is 1.60 bits per heavy atom. The molecule has 0 aromatic rings. The topological polar surface area (TPSA) is 52.3 Å². The summed E-state index contributed by atoms with van der Waals surface area (Å²) in [6.07, 6.45) is 0.729. The minimum absolute atomic E-state index is 0.0694. The third kappa shape index (κ3) is 0.736. The Kier molecular flexibility index (Phi) is 1.30. The number of methoxy groups -OCH3 is 1. The molecule has 1 aliphatic rings. The summed E-state index contributed by atoms with van der Waals surface area (Å²) >= 11 is 0. The molecule has 0 heterocycles. The Morgan fingerprint density at radius 3 is 2.10 bits per heavy atom. The second kappa shape index (κ2) is 1.72.